The summed E-state index contributed by atoms with van der Waals surface area (Å²) in [5, 5.41) is 0. The lowest BCUT2D eigenvalue weighted by Gasteiger charge is -2.29. The molecule has 1 fully saturated rings. The van der Waals surface area contributed by atoms with Crippen LogP contribution < -0.4 is 5.73 Å². The van der Waals surface area contributed by atoms with Crippen molar-refractivity contribution in [1.29, 1.82) is 0 Å². The normalized spacial score (nSPS) is 23.0. The van der Waals surface area contributed by atoms with Gasteiger partial charge in [-0.1, -0.05) is 50.8 Å². The zero-order chi connectivity index (χ0) is 16.8. The smallest absolute Gasteiger partial charge is 0.0618 e. The molecule has 2 N–H and O–H groups in total. The van der Waals surface area contributed by atoms with Crippen molar-refractivity contribution in [3.63, 3.8) is 0 Å². The van der Waals surface area contributed by atoms with Gasteiger partial charge in [-0.2, -0.15) is 0 Å². The van der Waals surface area contributed by atoms with Gasteiger partial charge in [0.15, 0.2) is 0 Å². The van der Waals surface area contributed by atoms with Crippen LogP contribution in [-0.4, -0.2) is 19.3 Å². The number of rotatable bonds is 7. The molecule has 0 bridgehead atoms. The van der Waals surface area contributed by atoms with E-state index in [9.17, 15) is 0 Å². The number of hydrogen-bond acceptors (Lipinski definition) is 2. The molecule has 2 nitrogen and oxygen atoms in total. The van der Waals surface area contributed by atoms with E-state index in [1.165, 1.54) is 68.9 Å². The fraction of sp³-hybridized carbons (Fsp3) is 0.727. The van der Waals surface area contributed by atoms with Crippen LogP contribution in [0.5, 0.6) is 0 Å². The quantitative estimate of drug-likeness (QED) is 0.765. The highest BCUT2D eigenvalue weighted by atomic mass is 16.5. The van der Waals surface area contributed by atoms with E-state index >= 15 is 0 Å². The average Bonchev–Trinajstić information content (AvgIpc) is 2.64. The molecule has 1 saturated carbocycles. The highest BCUT2D eigenvalue weighted by molar-refractivity contribution is 5.36. The zero-order valence-electron chi connectivity index (χ0n) is 15.4. The van der Waals surface area contributed by atoms with Gasteiger partial charge >= 0.3 is 0 Å². The maximum absolute atomic E-state index is 6.30. The summed E-state index contributed by atoms with van der Waals surface area (Å²) in [4.78, 5) is 0. The van der Waals surface area contributed by atoms with E-state index in [1.54, 1.807) is 5.56 Å². The van der Waals surface area contributed by atoms with E-state index in [2.05, 4.69) is 25.1 Å². The summed E-state index contributed by atoms with van der Waals surface area (Å²) in [6.45, 7) is 4.00. The molecule has 2 aliphatic rings. The molecule has 0 aliphatic heterocycles. The molecule has 3 rings (SSSR count). The Morgan fingerprint density at radius 2 is 1.96 bits per heavy atom. The second kappa shape index (κ2) is 9.01. The molecule has 134 valence electrons. The number of aryl methyl sites for hydroxylation is 1. The standard InChI is InChI=1S/C22H35NO/c1-2-6-21(15-23)19-9-10-20-14-22(12-11-18(20)13-19)24-16-17-7-4-3-5-8-17/h9-10,13,17,21-22H,2-8,11-12,14-16,23H2,1H3. The molecule has 24 heavy (non-hydrogen) atoms. The van der Waals surface area contributed by atoms with Crippen LogP contribution in [0.2, 0.25) is 0 Å². The molecule has 2 unspecified atom stereocenters. The van der Waals surface area contributed by atoms with Crippen LogP contribution in [0, 0.1) is 5.92 Å². The van der Waals surface area contributed by atoms with Crippen LogP contribution in [0.1, 0.15) is 80.9 Å². The van der Waals surface area contributed by atoms with E-state index in [4.69, 9.17) is 10.5 Å². The lowest BCUT2D eigenvalue weighted by Crippen LogP contribution is -2.26. The van der Waals surface area contributed by atoms with Crippen molar-refractivity contribution in [2.75, 3.05) is 13.2 Å². The molecule has 2 heteroatoms. The summed E-state index contributed by atoms with van der Waals surface area (Å²) < 4.78 is 6.30. The number of nitrogens with two attached hydrogens (primary N) is 1. The first-order chi connectivity index (χ1) is 11.8. The van der Waals surface area contributed by atoms with Gasteiger partial charge in [0.2, 0.25) is 0 Å². The predicted molar refractivity (Wildman–Crippen MR) is 101 cm³/mol. The summed E-state index contributed by atoms with van der Waals surface area (Å²) in [6, 6.07) is 7.09. The van der Waals surface area contributed by atoms with Gasteiger partial charge in [-0.3, -0.25) is 0 Å². The maximum Gasteiger partial charge on any atom is 0.0618 e. The van der Waals surface area contributed by atoms with Crippen molar-refractivity contribution in [3.05, 3.63) is 34.9 Å². The SMILES string of the molecule is CCCC(CN)c1ccc2c(c1)CCC(OCC1CCCCC1)C2. The second-order valence-electron chi connectivity index (χ2n) is 7.95. The van der Waals surface area contributed by atoms with Gasteiger partial charge in [-0.05, 0) is 73.6 Å². The second-order valence-corrected chi connectivity index (χ2v) is 7.95. The van der Waals surface area contributed by atoms with Crippen molar-refractivity contribution < 1.29 is 4.74 Å². The molecule has 1 aromatic carbocycles. The van der Waals surface area contributed by atoms with Crippen molar-refractivity contribution >= 4 is 0 Å². The number of benzene rings is 1. The van der Waals surface area contributed by atoms with Gasteiger partial charge in [0.25, 0.3) is 0 Å². The van der Waals surface area contributed by atoms with E-state index in [0.29, 0.717) is 12.0 Å². The Hall–Kier alpha value is -0.860. The highest BCUT2D eigenvalue weighted by Crippen LogP contribution is 2.30. The van der Waals surface area contributed by atoms with Crippen molar-refractivity contribution in [2.45, 2.75) is 83.2 Å². The minimum Gasteiger partial charge on any atom is -0.378 e. The lowest BCUT2D eigenvalue weighted by atomic mass is 9.85. The van der Waals surface area contributed by atoms with E-state index in [1.807, 2.05) is 0 Å². The molecule has 2 aliphatic carbocycles. The summed E-state index contributed by atoms with van der Waals surface area (Å²) in [7, 11) is 0. The number of ether oxygens (including phenoxy) is 1. The molecule has 0 heterocycles. The highest BCUT2D eigenvalue weighted by Gasteiger charge is 2.22. The summed E-state index contributed by atoms with van der Waals surface area (Å²) in [5.74, 6) is 1.35. The minimum atomic E-state index is 0.436. The van der Waals surface area contributed by atoms with E-state index in [-0.39, 0.29) is 0 Å². The fourth-order valence-electron chi connectivity index (χ4n) is 4.53. The summed E-state index contributed by atoms with van der Waals surface area (Å²) >= 11 is 0. The van der Waals surface area contributed by atoms with E-state index in [0.717, 1.165) is 25.5 Å². The van der Waals surface area contributed by atoms with Crippen molar-refractivity contribution in [1.82, 2.24) is 0 Å². The molecular formula is C22H35NO. The molecule has 0 saturated heterocycles. The molecule has 0 aromatic heterocycles. The first-order valence-electron chi connectivity index (χ1n) is 10.2. The van der Waals surface area contributed by atoms with Crippen molar-refractivity contribution in [2.24, 2.45) is 11.7 Å². The number of hydrogen-bond donors (Lipinski definition) is 1. The molecule has 0 radical (unpaired) electrons. The summed E-state index contributed by atoms with van der Waals surface area (Å²) in [6.07, 6.45) is 13.3. The third kappa shape index (κ3) is 4.61. The Morgan fingerprint density at radius 1 is 1.12 bits per heavy atom. The summed E-state index contributed by atoms with van der Waals surface area (Å²) in [5.41, 5.74) is 10.5. The van der Waals surface area contributed by atoms with Crippen LogP contribution >= 0.6 is 0 Å². The monoisotopic (exact) mass is 329 g/mol. The fourth-order valence-corrected chi connectivity index (χ4v) is 4.53. The third-order valence-electron chi connectivity index (χ3n) is 6.10. The Balaban J connectivity index is 1.55. The molecular weight excluding hydrogens is 294 g/mol. The van der Waals surface area contributed by atoms with Gasteiger partial charge in [-0.15, -0.1) is 0 Å². The first-order valence-corrected chi connectivity index (χ1v) is 10.2. The van der Waals surface area contributed by atoms with Crippen LogP contribution in [0.25, 0.3) is 0 Å². The van der Waals surface area contributed by atoms with Crippen LogP contribution in [0.15, 0.2) is 18.2 Å². The Labute approximate surface area is 148 Å². The molecule has 0 amide bonds. The van der Waals surface area contributed by atoms with Crippen LogP contribution in [0.3, 0.4) is 0 Å². The van der Waals surface area contributed by atoms with Gasteiger partial charge in [-0.25, -0.2) is 0 Å². The van der Waals surface area contributed by atoms with Gasteiger partial charge in [0.05, 0.1) is 6.10 Å². The molecule has 0 spiro atoms. The van der Waals surface area contributed by atoms with Gasteiger partial charge in [0.1, 0.15) is 0 Å². The largest absolute Gasteiger partial charge is 0.378 e. The average molecular weight is 330 g/mol. The molecule has 2 atom stereocenters. The maximum atomic E-state index is 6.30. The predicted octanol–water partition coefficient (Wildman–Crippen LogP) is 4.98. The molecule has 1 aromatic rings. The Bertz CT molecular complexity index is 507. The first kappa shape index (κ1) is 17.9. The van der Waals surface area contributed by atoms with Crippen LogP contribution in [-0.2, 0) is 17.6 Å². The van der Waals surface area contributed by atoms with Crippen molar-refractivity contribution in [3.8, 4) is 0 Å². The topological polar surface area (TPSA) is 35.2 Å². The Kier molecular flexibility index (Phi) is 6.74. The minimum absolute atomic E-state index is 0.436. The zero-order valence-corrected chi connectivity index (χ0v) is 15.4. The van der Waals surface area contributed by atoms with Crippen LogP contribution in [0.4, 0.5) is 0 Å². The Morgan fingerprint density at radius 3 is 2.71 bits per heavy atom. The lowest BCUT2D eigenvalue weighted by molar-refractivity contribution is 0.0137. The van der Waals surface area contributed by atoms with E-state index < -0.39 is 0 Å². The number of fused-ring (bicyclic) bond motifs is 1. The third-order valence-corrected chi connectivity index (χ3v) is 6.10. The van der Waals surface area contributed by atoms with Gasteiger partial charge in [0, 0.05) is 6.61 Å². The van der Waals surface area contributed by atoms with Gasteiger partial charge < -0.3 is 10.5 Å².